The molecule has 0 aliphatic carbocycles. The van der Waals surface area contributed by atoms with Crippen molar-refractivity contribution in [2.45, 2.75) is 6.18 Å². The number of carbonyl (C=O) groups is 1. The van der Waals surface area contributed by atoms with Gasteiger partial charge in [0, 0.05) is 12.4 Å². The van der Waals surface area contributed by atoms with Gasteiger partial charge >= 0.3 is 6.18 Å². The number of nitrogens with one attached hydrogen (secondary N) is 1. The third kappa shape index (κ3) is 3.41. The van der Waals surface area contributed by atoms with Crippen molar-refractivity contribution in [3.8, 4) is 5.69 Å². The zero-order valence-corrected chi connectivity index (χ0v) is 14.2. The van der Waals surface area contributed by atoms with Crippen molar-refractivity contribution in [1.82, 2.24) is 19.7 Å². The molecule has 6 nitrogen and oxygen atoms in total. The van der Waals surface area contributed by atoms with E-state index in [4.69, 9.17) is 0 Å². The molecule has 1 N–H and O–H groups in total. The number of aromatic nitrogens is 4. The van der Waals surface area contributed by atoms with Crippen LogP contribution in [0.3, 0.4) is 0 Å². The number of para-hydroxylation sites is 2. The molecule has 9 heteroatoms. The Kier molecular flexibility index (Phi) is 4.26. The quantitative estimate of drug-likeness (QED) is 0.578. The molecular weight excluding hydrogens is 371 g/mol. The minimum atomic E-state index is -4.67. The molecule has 0 aliphatic heterocycles. The maximum absolute atomic E-state index is 13.5. The average molecular weight is 383 g/mol. The molecule has 4 rings (SSSR count). The molecule has 2 aromatic carbocycles. The van der Waals surface area contributed by atoms with Crippen LogP contribution in [0, 0.1) is 0 Å². The van der Waals surface area contributed by atoms with Gasteiger partial charge < -0.3 is 5.32 Å². The van der Waals surface area contributed by atoms with Gasteiger partial charge in [-0.2, -0.15) is 18.3 Å². The van der Waals surface area contributed by atoms with Crippen LogP contribution in [0.25, 0.3) is 16.7 Å². The number of benzene rings is 2. The van der Waals surface area contributed by atoms with Gasteiger partial charge in [0.1, 0.15) is 5.69 Å². The highest BCUT2D eigenvalue weighted by molar-refractivity contribution is 6.04. The monoisotopic (exact) mass is 383 g/mol. The number of hydrogen-bond acceptors (Lipinski definition) is 4. The molecule has 2 heterocycles. The van der Waals surface area contributed by atoms with E-state index in [0.717, 1.165) is 6.07 Å². The highest BCUT2D eigenvalue weighted by Crippen LogP contribution is 2.36. The Morgan fingerprint density at radius 2 is 1.82 bits per heavy atom. The average Bonchev–Trinajstić information content (AvgIpc) is 3.22. The summed E-state index contributed by atoms with van der Waals surface area (Å²) in [6.45, 7) is 0. The number of anilines is 1. The van der Waals surface area contributed by atoms with Crippen molar-refractivity contribution in [2.75, 3.05) is 5.32 Å². The predicted molar refractivity (Wildman–Crippen MR) is 96.1 cm³/mol. The Bertz CT molecular complexity index is 1160. The first-order chi connectivity index (χ1) is 13.4. The second-order valence-electron chi connectivity index (χ2n) is 5.88. The summed E-state index contributed by atoms with van der Waals surface area (Å²) in [6, 6.07) is 12.0. The van der Waals surface area contributed by atoms with Gasteiger partial charge in [-0.25, -0.2) is 9.67 Å². The third-order valence-corrected chi connectivity index (χ3v) is 4.01. The largest absolute Gasteiger partial charge is 0.418 e. The number of halogens is 3. The fourth-order valence-corrected chi connectivity index (χ4v) is 2.69. The van der Waals surface area contributed by atoms with E-state index >= 15 is 0 Å². The van der Waals surface area contributed by atoms with E-state index in [1.165, 1.54) is 35.4 Å². The molecule has 0 saturated carbocycles. The third-order valence-electron chi connectivity index (χ3n) is 4.01. The molecule has 0 bridgehead atoms. The first-order valence-corrected chi connectivity index (χ1v) is 8.16. The maximum atomic E-state index is 13.5. The zero-order chi connectivity index (χ0) is 19.7. The van der Waals surface area contributed by atoms with Gasteiger partial charge in [0.15, 0.2) is 0 Å². The van der Waals surface area contributed by atoms with Crippen LogP contribution in [0.5, 0.6) is 0 Å². The van der Waals surface area contributed by atoms with Gasteiger partial charge in [0.2, 0.25) is 0 Å². The van der Waals surface area contributed by atoms with Crippen LogP contribution >= 0.6 is 0 Å². The Balaban J connectivity index is 1.68. The first-order valence-electron chi connectivity index (χ1n) is 8.16. The smallest absolute Gasteiger partial charge is 0.320 e. The standard InChI is InChI=1S/C19H12F3N5O/c20-19(21,22)13-10-12(27-9-3-8-24-27)6-7-14(13)26-18(28)17-11-23-15-4-1-2-5-16(15)25-17/h1-11H,(H,26,28). The summed E-state index contributed by atoms with van der Waals surface area (Å²) in [5, 5.41) is 6.20. The zero-order valence-electron chi connectivity index (χ0n) is 14.2. The highest BCUT2D eigenvalue weighted by Gasteiger charge is 2.34. The summed E-state index contributed by atoms with van der Waals surface area (Å²) in [6.07, 6.45) is -0.455. The van der Waals surface area contributed by atoms with E-state index in [1.54, 1.807) is 30.3 Å². The number of hydrogen-bond donors (Lipinski definition) is 1. The van der Waals surface area contributed by atoms with Crippen LogP contribution in [-0.2, 0) is 6.18 Å². The number of fused-ring (bicyclic) bond motifs is 1. The van der Waals surface area contributed by atoms with Crippen LogP contribution in [0.1, 0.15) is 16.1 Å². The van der Waals surface area contributed by atoms with Gasteiger partial charge in [-0.3, -0.25) is 9.78 Å². The van der Waals surface area contributed by atoms with Crippen molar-refractivity contribution >= 4 is 22.6 Å². The van der Waals surface area contributed by atoms with E-state index in [-0.39, 0.29) is 17.1 Å². The Labute approximate surface area is 156 Å². The van der Waals surface area contributed by atoms with E-state index in [9.17, 15) is 18.0 Å². The summed E-state index contributed by atoms with van der Waals surface area (Å²) >= 11 is 0. The van der Waals surface area contributed by atoms with Gasteiger partial charge in [-0.05, 0) is 36.4 Å². The summed E-state index contributed by atoms with van der Waals surface area (Å²) in [7, 11) is 0. The van der Waals surface area contributed by atoms with E-state index in [0.29, 0.717) is 11.0 Å². The number of amides is 1. The summed E-state index contributed by atoms with van der Waals surface area (Å²) in [5.74, 6) is -0.782. The lowest BCUT2D eigenvalue weighted by Gasteiger charge is -2.15. The Hall–Kier alpha value is -3.75. The molecule has 0 unspecified atom stereocenters. The van der Waals surface area contributed by atoms with Crippen molar-refractivity contribution < 1.29 is 18.0 Å². The van der Waals surface area contributed by atoms with E-state index < -0.39 is 17.6 Å². The van der Waals surface area contributed by atoms with Crippen molar-refractivity contribution in [1.29, 1.82) is 0 Å². The van der Waals surface area contributed by atoms with E-state index in [1.807, 2.05) is 0 Å². The molecule has 0 atom stereocenters. The minimum absolute atomic E-state index is 0.0806. The molecule has 0 fully saturated rings. The SMILES string of the molecule is O=C(Nc1ccc(-n2cccn2)cc1C(F)(F)F)c1cnc2ccccc2n1. The molecule has 1 amide bonds. The number of rotatable bonds is 3. The molecule has 140 valence electrons. The fraction of sp³-hybridized carbons (Fsp3) is 0.0526. The topological polar surface area (TPSA) is 72.7 Å². The molecule has 0 spiro atoms. The maximum Gasteiger partial charge on any atom is 0.418 e. The lowest BCUT2D eigenvalue weighted by atomic mass is 10.1. The summed E-state index contributed by atoms with van der Waals surface area (Å²) in [5.41, 5.74) is -0.159. The van der Waals surface area contributed by atoms with Crippen LogP contribution in [-0.4, -0.2) is 25.7 Å². The van der Waals surface area contributed by atoms with Gasteiger partial charge in [-0.15, -0.1) is 0 Å². The molecule has 0 radical (unpaired) electrons. The van der Waals surface area contributed by atoms with Crippen LogP contribution in [0.15, 0.2) is 67.1 Å². The van der Waals surface area contributed by atoms with Crippen LogP contribution < -0.4 is 5.32 Å². The number of carbonyl (C=O) groups excluding carboxylic acids is 1. The van der Waals surface area contributed by atoms with Gasteiger partial charge in [-0.1, -0.05) is 12.1 Å². The number of alkyl halides is 3. The normalized spacial score (nSPS) is 11.5. The van der Waals surface area contributed by atoms with E-state index in [2.05, 4.69) is 20.4 Å². The molecule has 28 heavy (non-hydrogen) atoms. The number of nitrogens with zero attached hydrogens (tertiary/aromatic N) is 4. The molecule has 0 aliphatic rings. The minimum Gasteiger partial charge on any atom is -0.320 e. The van der Waals surface area contributed by atoms with Crippen molar-refractivity contribution in [3.63, 3.8) is 0 Å². The summed E-state index contributed by atoms with van der Waals surface area (Å²) < 4.78 is 41.9. The molecule has 0 saturated heterocycles. The molecular formula is C19H12F3N5O. The van der Waals surface area contributed by atoms with Gasteiger partial charge in [0.25, 0.3) is 5.91 Å². The van der Waals surface area contributed by atoms with Crippen molar-refractivity contribution in [3.05, 3.63) is 78.4 Å². The van der Waals surface area contributed by atoms with Crippen molar-refractivity contribution in [2.24, 2.45) is 0 Å². The second-order valence-corrected chi connectivity index (χ2v) is 5.88. The molecule has 2 aromatic heterocycles. The Morgan fingerprint density at radius 3 is 2.54 bits per heavy atom. The lowest BCUT2D eigenvalue weighted by Crippen LogP contribution is -2.18. The molecule has 4 aromatic rings. The fourth-order valence-electron chi connectivity index (χ4n) is 2.69. The second kappa shape index (κ2) is 6.76. The summed E-state index contributed by atoms with van der Waals surface area (Å²) in [4.78, 5) is 20.7. The van der Waals surface area contributed by atoms with Gasteiger partial charge in [0.05, 0.1) is 34.2 Å². The Morgan fingerprint density at radius 1 is 1.04 bits per heavy atom. The first kappa shape index (κ1) is 17.7. The predicted octanol–water partition coefficient (Wildman–Crippen LogP) is 4.09. The van der Waals surface area contributed by atoms with Crippen LogP contribution in [0.2, 0.25) is 0 Å². The lowest BCUT2D eigenvalue weighted by molar-refractivity contribution is -0.136. The van der Waals surface area contributed by atoms with Crippen LogP contribution in [0.4, 0.5) is 18.9 Å². The highest BCUT2D eigenvalue weighted by atomic mass is 19.4.